The lowest BCUT2D eigenvalue weighted by molar-refractivity contribution is -0.385. The number of hydrogen-bond acceptors (Lipinski definition) is 3. The van der Waals surface area contributed by atoms with Gasteiger partial charge in [-0.15, -0.1) is 0 Å². The van der Waals surface area contributed by atoms with E-state index in [1.807, 2.05) is 30.3 Å². The molecule has 2 aromatic carbocycles. The van der Waals surface area contributed by atoms with Crippen molar-refractivity contribution in [3.05, 3.63) is 75.3 Å². The predicted molar refractivity (Wildman–Crippen MR) is 75.4 cm³/mol. The van der Waals surface area contributed by atoms with Crippen molar-refractivity contribution in [3.8, 4) is 0 Å². The van der Waals surface area contributed by atoms with Crippen molar-refractivity contribution in [2.45, 2.75) is 13.5 Å². The first-order valence-electron chi connectivity index (χ1n) is 6.15. The van der Waals surface area contributed by atoms with E-state index in [0.29, 0.717) is 17.7 Å². The summed E-state index contributed by atoms with van der Waals surface area (Å²) in [6.45, 7) is 2.03. The number of nitrogens with one attached hydrogen (secondary N) is 1. The molecule has 0 aromatic heterocycles. The van der Waals surface area contributed by atoms with Crippen molar-refractivity contribution in [1.82, 2.24) is 5.32 Å². The van der Waals surface area contributed by atoms with E-state index < -0.39 is 4.92 Å². The van der Waals surface area contributed by atoms with Crippen LogP contribution in [0.15, 0.2) is 48.5 Å². The Morgan fingerprint density at radius 3 is 2.55 bits per heavy atom. The van der Waals surface area contributed by atoms with Crippen LogP contribution in [0.1, 0.15) is 21.5 Å². The van der Waals surface area contributed by atoms with E-state index in [4.69, 9.17) is 0 Å². The number of hydrogen-bond donors (Lipinski definition) is 1. The molecule has 20 heavy (non-hydrogen) atoms. The zero-order chi connectivity index (χ0) is 14.5. The third-order valence-electron chi connectivity index (χ3n) is 2.96. The Labute approximate surface area is 116 Å². The van der Waals surface area contributed by atoms with Crippen LogP contribution in [0.5, 0.6) is 0 Å². The van der Waals surface area contributed by atoms with Gasteiger partial charge in [0.25, 0.3) is 11.6 Å². The molecule has 0 fully saturated rings. The smallest absolute Gasteiger partial charge is 0.273 e. The standard InChI is InChI=1S/C15H14N2O3/c1-11-7-8-13(9-14(11)17(19)20)15(18)16-10-12-5-3-2-4-6-12/h2-9H,10H2,1H3,(H,16,18). The number of carbonyl (C=O) groups excluding carboxylic acids is 1. The molecule has 102 valence electrons. The molecule has 0 atom stereocenters. The highest BCUT2D eigenvalue weighted by atomic mass is 16.6. The van der Waals surface area contributed by atoms with E-state index in [2.05, 4.69) is 5.32 Å². The normalized spacial score (nSPS) is 10.1. The van der Waals surface area contributed by atoms with Crippen LogP contribution in [-0.2, 0) is 6.54 Å². The second kappa shape index (κ2) is 5.97. The second-order valence-electron chi connectivity index (χ2n) is 4.43. The zero-order valence-corrected chi connectivity index (χ0v) is 11.0. The van der Waals surface area contributed by atoms with E-state index in [-0.39, 0.29) is 11.6 Å². The van der Waals surface area contributed by atoms with Gasteiger partial charge in [-0.25, -0.2) is 0 Å². The Morgan fingerprint density at radius 2 is 1.90 bits per heavy atom. The van der Waals surface area contributed by atoms with Crippen molar-refractivity contribution in [2.75, 3.05) is 0 Å². The van der Waals surface area contributed by atoms with E-state index in [1.54, 1.807) is 19.1 Å². The van der Waals surface area contributed by atoms with E-state index in [1.165, 1.54) is 6.07 Å². The molecule has 1 N–H and O–H groups in total. The molecule has 0 bridgehead atoms. The number of carbonyl (C=O) groups is 1. The van der Waals surface area contributed by atoms with Gasteiger partial charge < -0.3 is 5.32 Å². The first-order chi connectivity index (χ1) is 9.58. The van der Waals surface area contributed by atoms with Crippen LogP contribution in [0.2, 0.25) is 0 Å². The monoisotopic (exact) mass is 270 g/mol. The number of rotatable bonds is 4. The lowest BCUT2D eigenvalue weighted by Crippen LogP contribution is -2.22. The van der Waals surface area contributed by atoms with Crippen molar-refractivity contribution in [2.24, 2.45) is 0 Å². The number of nitro benzene ring substituents is 1. The summed E-state index contributed by atoms with van der Waals surface area (Å²) >= 11 is 0. The Kier molecular flexibility index (Phi) is 4.10. The molecule has 0 spiro atoms. The van der Waals surface area contributed by atoms with Crippen LogP contribution in [-0.4, -0.2) is 10.8 Å². The van der Waals surface area contributed by atoms with E-state index >= 15 is 0 Å². The summed E-state index contributed by atoms with van der Waals surface area (Å²) in [4.78, 5) is 22.3. The summed E-state index contributed by atoms with van der Waals surface area (Å²) in [5, 5.41) is 13.6. The third kappa shape index (κ3) is 3.20. The van der Waals surface area contributed by atoms with Crippen LogP contribution in [0.4, 0.5) is 5.69 Å². The molecule has 5 heteroatoms. The zero-order valence-electron chi connectivity index (χ0n) is 11.0. The van der Waals surface area contributed by atoms with Crippen LogP contribution < -0.4 is 5.32 Å². The Balaban J connectivity index is 2.10. The summed E-state index contributed by atoms with van der Waals surface area (Å²) in [6.07, 6.45) is 0. The number of nitrogens with zero attached hydrogens (tertiary/aromatic N) is 1. The van der Waals surface area contributed by atoms with Crippen LogP contribution in [0.25, 0.3) is 0 Å². The number of aryl methyl sites for hydroxylation is 1. The molecule has 2 aromatic rings. The van der Waals surface area contributed by atoms with Gasteiger partial charge >= 0.3 is 0 Å². The molecule has 0 unspecified atom stereocenters. The minimum Gasteiger partial charge on any atom is -0.348 e. The molecule has 2 rings (SSSR count). The Bertz CT molecular complexity index is 639. The fourth-order valence-corrected chi connectivity index (χ4v) is 1.83. The van der Waals surface area contributed by atoms with Crippen molar-refractivity contribution >= 4 is 11.6 Å². The van der Waals surface area contributed by atoms with E-state index in [0.717, 1.165) is 5.56 Å². The fraction of sp³-hybridized carbons (Fsp3) is 0.133. The maximum absolute atomic E-state index is 12.0. The second-order valence-corrected chi connectivity index (χ2v) is 4.43. The Hall–Kier alpha value is -2.69. The summed E-state index contributed by atoms with van der Waals surface area (Å²) < 4.78 is 0. The first kappa shape index (κ1) is 13.7. The molecule has 0 aliphatic carbocycles. The van der Waals surface area contributed by atoms with Gasteiger partial charge in [-0.1, -0.05) is 36.4 Å². The number of benzene rings is 2. The first-order valence-corrected chi connectivity index (χ1v) is 6.15. The minimum absolute atomic E-state index is 0.0441. The van der Waals surface area contributed by atoms with Gasteiger partial charge in [-0.3, -0.25) is 14.9 Å². The maximum atomic E-state index is 12.0. The lowest BCUT2D eigenvalue weighted by atomic mass is 10.1. The predicted octanol–water partition coefficient (Wildman–Crippen LogP) is 2.83. The van der Waals surface area contributed by atoms with Crippen LogP contribution >= 0.6 is 0 Å². The lowest BCUT2D eigenvalue weighted by Gasteiger charge is -2.06. The SMILES string of the molecule is Cc1ccc(C(=O)NCc2ccccc2)cc1[N+](=O)[O-]. The maximum Gasteiger partial charge on any atom is 0.273 e. The van der Waals surface area contributed by atoms with Gasteiger partial charge in [0.2, 0.25) is 0 Å². The van der Waals surface area contributed by atoms with Gasteiger partial charge in [-0.05, 0) is 18.6 Å². The molecular weight excluding hydrogens is 256 g/mol. The van der Waals surface area contributed by atoms with Gasteiger partial charge in [0.15, 0.2) is 0 Å². The molecule has 1 amide bonds. The van der Waals surface area contributed by atoms with Crippen molar-refractivity contribution in [3.63, 3.8) is 0 Å². The van der Waals surface area contributed by atoms with Gasteiger partial charge in [0.1, 0.15) is 0 Å². The number of amides is 1. The van der Waals surface area contributed by atoms with Crippen molar-refractivity contribution < 1.29 is 9.72 Å². The van der Waals surface area contributed by atoms with Crippen LogP contribution in [0.3, 0.4) is 0 Å². The highest BCUT2D eigenvalue weighted by molar-refractivity contribution is 5.94. The summed E-state index contributed by atoms with van der Waals surface area (Å²) in [5.41, 5.74) is 1.76. The highest BCUT2D eigenvalue weighted by Crippen LogP contribution is 2.19. The van der Waals surface area contributed by atoms with Gasteiger partial charge in [-0.2, -0.15) is 0 Å². The molecule has 0 saturated heterocycles. The molecule has 0 heterocycles. The topological polar surface area (TPSA) is 72.2 Å². The van der Waals surface area contributed by atoms with Crippen molar-refractivity contribution in [1.29, 1.82) is 0 Å². The van der Waals surface area contributed by atoms with E-state index in [9.17, 15) is 14.9 Å². The molecule has 0 aliphatic heterocycles. The molecule has 0 radical (unpaired) electrons. The molecule has 0 saturated carbocycles. The van der Waals surface area contributed by atoms with Gasteiger partial charge in [0.05, 0.1) is 4.92 Å². The van der Waals surface area contributed by atoms with Crippen LogP contribution in [0, 0.1) is 17.0 Å². The fourth-order valence-electron chi connectivity index (χ4n) is 1.83. The molecular formula is C15H14N2O3. The largest absolute Gasteiger partial charge is 0.348 e. The summed E-state index contributed by atoms with van der Waals surface area (Å²) in [7, 11) is 0. The summed E-state index contributed by atoms with van der Waals surface area (Å²) in [5.74, 6) is -0.322. The number of nitro groups is 1. The average Bonchev–Trinajstić information content (AvgIpc) is 2.46. The quantitative estimate of drug-likeness (QED) is 0.685. The minimum atomic E-state index is -0.483. The summed E-state index contributed by atoms with van der Waals surface area (Å²) in [6, 6.07) is 13.9. The van der Waals surface area contributed by atoms with Gasteiger partial charge in [0, 0.05) is 23.7 Å². The Morgan fingerprint density at radius 1 is 1.20 bits per heavy atom. The average molecular weight is 270 g/mol. The molecule has 0 aliphatic rings. The third-order valence-corrected chi connectivity index (χ3v) is 2.96. The highest BCUT2D eigenvalue weighted by Gasteiger charge is 2.14. The molecule has 5 nitrogen and oxygen atoms in total.